The molecule has 184 valence electrons. The van der Waals surface area contributed by atoms with Crippen LogP contribution in [-0.2, 0) is 36.2 Å². The van der Waals surface area contributed by atoms with Crippen molar-refractivity contribution in [1.29, 1.82) is 0 Å². The Labute approximate surface area is 195 Å². The smallest absolute Gasteiger partial charge is 0.342 e. The number of hydrogen-bond donors (Lipinski definition) is 1. The highest BCUT2D eigenvalue weighted by molar-refractivity contribution is 7.53. The standard InChI is InChI=1S/C24H35O8P/c1-6-31-33(28,32-7-2)14-8-9-18(25)12-10-16(3)11-13-19-22(26)21-20(15-30-24(21)27)17(4)23(19)29-5/h11,26H,6-10,12-15H2,1-5H3/b16-11+. The first-order chi connectivity index (χ1) is 15.7. The second-order valence-corrected chi connectivity index (χ2v) is 10.2. The summed E-state index contributed by atoms with van der Waals surface area (Å²) in [6.45, 7) is 8.03. The Morgan fingerprint density at radius 3 is 2.45 bits per heavy atom. The average molecular weight is 483 g/mol. The molecule has 9 heteroatoms. The van der Waals surface area contributed by atoms with E-state index in [1.807, 2.05) is 19.9 Å². The molecule has 1 aromatic rings. The predicted molar refractivity (Wildman–Crippen MR) is 125 cm³/mol. The Balaban J connectivity index is 1.94. The molecule has 0 saturated heterocycles. The van der Waals surface area contributed by atoms with Gasteiger partial charge in [0.15, 0.2) is 0 Å². The number of rotatable bonds is 14. The highest BCUT2D eigenvalue weighted by Gasteiger charge is 2.31. The van der Waals surface area contributed by atoms with Crippen molar-refractivity contribution in [2.45, 2.75) is 66.4 Å². The van der Waals surface area contributed by atoms with Crippen LogP contribution in [0.25, 0.3) is 0 Å². The van der Waals surface area contributed by atoms with Crippen molar-refractivity contribution >= 4 is 19.3 Å². The van der Waals surface area contributed by atoms with Crippen LogP contribution in [0.15, 0.2) is 11.6 Å². The van der Waals surface area contributed by atoms with Gasteiger partial charge >= 0.3 is 13.6 Å². The lowest BCUT2D eigenvalue weighted by molar-refractivity contribution is -0.119. The highest BCUT2D eigenvalue weighted by Crippen LogP contribution is 2.48. The van der Waals surface area contributed by atoms with Gasteiger partial charge in [-0.05, 0) is 52.5 Å². The predicted octanol–water partition coefficient (Wildman–Crippen LogP) is 5.26. The topological polar surface area (TPSA) is 108 Å². The molecule has 33 heavy (non-hydrogen) atoms. The molecular formula is C24H35O8P. The number of carbonyl (C=O) groups excluding carboxylic acids is 2. The maximum Gasteiger partial charge on any atom is 0.342 e. The average Bonchev–Trinajstić information content (AvgIpc) is 3.16. The number of hydrogen-bond acceptors (Lipinski definition) is 8. The summed E-state index contributed by atoms with van der Waals surface area (Å²) in [6, 6.07) is 0. The number of benzene rings is 1. The van der Waals surface area contributed by atoms with Crippen LogP contribution in [-0.4, -0.2) is 43.3 Å². The second-order valence-electron chi connectivity index (χ2n) is 7.98. The van der Waals surface area contributed by atoms with E-state index in [0.717, 1.165) is 11.1 Å². The van der Waals surface area contributed by atoms with Gasteiger partial charge in [0.05, 0.1) is 26.5 Å². The van der Waals surface area contributed by atoms with Crippen LogP contribution < -0.4 is 4.74 Å². The summed E-state index contributed by atoms with van der Waals surface area (Å²) >= 11 is 0. The van der Waals surface area contributed by atoms with Crippen LogP contribution >= 0.6 is 7.60 Å². The van der Waals surface area contributed by atoms with Crippen LogP contribution in [0.1, 0.15) is 73.5 Å². The molecule has 2 rings (SSSR count). The molecule has 0 saturated carbocycles. The van der Waals surface area contributed by atoms with E-state index in [4.69, 9.17) is 18.5 Å². The Hall–Kier alpha value is -2.15. The largest absolute Gasteiger partial charge is 0.507 e. The quantitative estimate of drug-likeness (QED) is 0.217. The summed E-state index contributed by atoms with van der Waals surface area (Å²) in [5.41, 5.74) is 3.16. The molecule has 1 aromatic carbocycles. The minimum absolute atomic E-state index is 0.0823. The van der Waals surface area contributed by atoms with Crippen molar-refractivity contribution in [1.82, 2.24) is 0 Å². The van der Waals surface area contributed by atoms with Crippen molar-refractivity contribution < 1.29 is 37.8 Å². The summed E-state index contributed by atoms with van der Waals surface area (Å²) in [5, 5.41) is 10.7. The van der Waals surface area contributed by atoms with E-state index < -0.39 is 13.6 Å². The second kappa shape index (κ2) is 12.4. The van der Waals surface area contributed by atoms with Crippen molar-refractivity contribution in [3.63, 3.8) is 0 Å². The van der Waals surface area contributed by atoms with Gasteiger partial charge in [-0.2, -0.15) is 0 Å². The molecule has 1 aliphatic rings. The van der Waals surface area contributed by atoms with Gasteiger partial charge in [0, 0.05) is 24.0 Å². The number of methoxy groups -OCH3 is 1. The van der Waals surface area contributed by atoms with Crippen LogP contribution in [0.3, 0.4) is 0 Å². The van der Waals surface area contributed by atoms with E-state index >= 15 is 0 Å². The zero-order valence-corrected chi connectivity index (χ0v) is 21.1. The van der Waals surface area contributed by atoms with Crippen molar-refractivity contribution in [2.24, 2.45) is 0 Å². The van der Waals surface area contributed by atoms with Crippen LogP contribution in [0.4, 0.5) is 0 Å². The molecule has 0 aromatic heterocycles. The summed E-state index contributed by atoms with van der Waals surface area (Å²) in [6.07, 6.45) is 4.23. The number of aromatic hydroxyl groups is 1. The van der Waals surface area contributed by atoms with Gasteiger partial charge in [0.2, 0.25) is 0 Å². The number of esters is 1. The lowest BCUT2D eigenvalue weighted by atomic mass is 9.94. The number of phenolic OH excluding ortho intramolecular Hbond substituents is 1. The number of ether oxygens (including phenoxy) is 2. The number of cyclic esters (lactones) is 1. The zero-order valence-electron chi connectivity index (χ0n) is 20.2. The third kappa shape index (κ3) is 6.92. The molecule has 0 aliphatic carbocycles. The molecule has 1 N–H and O–H groups in total. The van der Waals surface area contributed by atoms with E-state index in [1.165, 1.54) is 7.11 Å². The number of carbonyl (C=O) groups is 2. The van der Waals surface area contributed by atoms with E-state index in [2.05, 4.69) is 0 Å². The fourth-order valence-electron chi connectivity index (χ4n) is 3.90. The van der Waals surface area contributed by atoms with Gasteiger partial charge in [-0.25, -0.2) is 4.79 Å². The van der Waals surface area contributed by atoms with Crippen molar-refractivity contribution in [3.05, 3.63) is 33.9 Å². The van der Waals surface area contributed by atoms with Crippen molar-refractivity contribution in [3.8, 4) is 11.5 Å². The van der Waals surface area contributed by atoms with E-state index in [1.54, 1.807) is 13.8 Å². The highest BCUT2D eigenvalue weighted by atomic mass is 31.2. The molecule has 0 atom stereocenters. The third-order valence-electron chi connectivity index (χ3n) is 5.64. The zero-order chi connectivity index (χ0) is 24.6. The maximum atomic E-state index is 12.5. The molecule has 0 spiro atoms. The minimum atomic E-state index is -3.12. The molecule has 1 heterocycles. The number of fused-ring (bicyclic) bond motifs is 1. The maximum absolute atomic E-state index is 12.5. The Morgan fingerprint density at radius 2 is 1.85 bits per heavy atom. The van der Waals surface area contributed by atoms with Crippen LogP contribution in [0.5, 0.6) is 11.5 Å². The van der Waals surface area contributed by atoms with E-state index in [0.29, 0.717) is 62.2 Å². The SMILES string of the molecule is CCOP(=O)(CCCC(=O)CC/C(C)=C/Cc1c(O)c2c(c(C)c1OC)COC2=O)OCC. The normalized spacial score (nSPS) is 13.7. The summed E-state index contributed by atoms with van der Waals surface area (Å²) < 4.78 is 33.5. The molecule has 0 unspecified atom stereocenters. The van der Waals surface area contributed by atoms with Crippen molar-refractivity contribution in [2.75, 3.05) is 26.5 Å². The molecule has 0 fully saturated rings. The van der Waals surface area contributed by atoms with E-state index in [9.17, 15) is 19.3 Å². The van der Waals surface area contributed by atoms with E-state index in [-0.39, 0.29) is 29.9 Å². The van der Waals surface area contributed by atoms with Gasteiger partial charge in [-0.3, -0.25) is 9.36 Å². The molecule has 0 bridgehead atoms. The fourth-order valence-corrected chi connectivity index (χ4v) is 5.56. The monoisotopic (exact) mass is 482 g/mol. The third-order valence-corrected chi connectivity index (χ3v) is 7.81. The summed E-state index contributed by atoms with van der Waals surface area (Å²) in [7, 11) is -1.59. The first kappa shape index (κ1) is 27.1. The molecule has 0 amide bonds. The molecular weight excluding hydrogens is 447 g/mol. The first-order valence-corrected chi connectivity index (χ1v) is 13.0. The van der Waals surface area contributed by atoms with Gasteiger partial charge < -0.3 is 23.6 Å². The molecule has 8 nitrogen and oxygen atoms in total. The van der Waals surface area contributed by atoms with Gasteiger partial charge in [-0.1, -0.05) is 11.6 Å². The Bertz CT molecular complexity index is 941. The van der Waals surface area contributed by atoms with Crippen LogP contribution in [0, 0.1) is 6.92 Å². The Kier molecular flexibility index (Phi) is 10.1. The minimum Gasteiger partial charge on any atom is -0.507 e. The fraction of sp³-hybridized carbons (Fsp3) is 0.583. The number of phenols is 1. The lowest BCUT2D eigenvalue weighted by Gasteiger charge is -2.16. The number of ketones is 1. The van der Waals surface area contributed by atoms with Gasteiger partial charge in [-0.15, -0.1) is 0 Å². The van der Waals surface area contributed by atoms with Gasteiger partial charge in [0.25, 0.3) is 0 Å². The number of allylic oxidation sites excluding steroid dienone is 2. The first-order valence-electron chi connectivity index (χ1n) is 11.3. The molecule has 1 aliphatic heterocycles. The molecule has 0 radical (unpaired) electrons. The summed E-state index contributed by atoms with van der Waals surface area (Å²) in [4.78, 5) is 24.3. The summed E-state index contributed by atoms with van der Waals surface area (Å²) in [5.74, 6) is -0.0151. The number of Topliss-reactive ketones (excluding diaryl/α,β-unsaturated/α-hetero) is 1. The lowest BCUT2D eigenvalue weighted by Crippen LogP contribution is -2.04. The van der Waals surface area contributed by atoms with Gasteiger partial charge in [0.1, 0.15) is 29.5 Å². The van der Waals surface area contributed by atoms with Crippen LogP contribution in [0.2, 0.25) is 0 Å². The Morgan fingerprint density at radius 1 is 1.18 bits per heavy atom.